The molecule has 0 fully saturated rings. The average Bonchev–Trinajstić information content (AvgIpc) is 2.64. The van der Waals surface area contributed by atoms with Crippen LogP contribution in [-0.4, -0.2) is 15.9 Å². The molecule has 1 amide bonds. The summed E-state index contributed by atoms with van der Waals surface area (Å²) in [6.07, 6.45) is 1.26. The highest BCUT2D eigenvalue weighted by molar-refractivity contribution is 6.03. The van der Waals surface area contributed by atoms with Crippen LogP contribution in [0.4, 0.5) is 21.6 Å². The van der Waals surface area contributed by atoms with E-state index >= 15 is 0 Å². The smallest absolute Gasteiger partial charge is 0.274 e. The zero-order valence-electron chi connectivity index (χ0n) is 12.9. The lowest BCUT2D eigenvalue weighted by Crippen LogP contribution is -2.14. The van der Waals surface area contributed by atoms with Crippen LogP contribution < -0.4 is 10.6 Å². The molecule has 3 rings (SSSR count). The molecular weight excluding hydrogens is 321 g/mol. The van der Waals surface area contributed by atoms with Gasteiger partial charge in [0, 0.05) is 17.4 Å². The fourth-order valence-corrected chi connectivity index (χ4v) is 2.05. The number of halogens is 1. The fourth-order valence-electron chi connectivity index (χ4n) is 2.05. The molecule has 0 aliphatic carbocycles. The highest BCUT2D eigenvalue weighted by atomic mass is 19.1. The number of amides is 1. The Hall–Kier alpha value is -3.79. The van der Waals surface area contributed by atoms with Gasteiger partial charge in [-0.2, -0.15) is 5.26 Å². The van der Waals surface area contributed by atoms with Gasteiger partial charge in [-0.15, -0.1) is 0 Å². The fraction of sp³-hybridized carbons (Fsp3) is 0. The summed E-state index contributed by atoms with van der Waals surface area (Å²) >= 11 is 0. The SMILES string of the molecule is N#Cc1ccc(NC(=O)c2cc(Nc3ccc(F)cc3)ncn2)cc1. The average molecular weight is 333 g/mol. The number of nitriles is 1. The standard InChI is InChI=1S/C18H12FN5O/c19-13-3-7-14(8-4-13)23-17-9-16(21-11-22-17)18(25)24-15-5-1-12(10-20)2-6-15/h1-9,11H,(H,24,25)(H,21,22,23). The second-order valence-corrected chi connectivity index (χ2v) is 5.06. The van der Waals surface area contributed by atoms with E-state index in [2.05, 4.69) is 20.6 Å². The Morgan fingerprint density at radius 3 is 2.36 bits per heavy atom. The molecule has 6 nitrogen and oxygen atoms in total. The zero-order chi connectivity index (χ0) is 17.6. The van der Waals surface area contributed by atoms with Crippen molar-refractivity contribution in [2.75, 3.05) is 10.6 Å². The number of aromatic nitrogens is 2. The van der Waals surface area contributed by atoms with E-state index in [0.717, 1.165) is 0 Å². The molecule has 0 unspecified atom stereocenters. The summed E-state index contributed by atoms with van der Waals surface area (Å²) < 4.78 is 12.9. The number of carbonyl (C=O) groups excluding carboxylic acids is 1. The maximum absolute atomic E-state index is 12.9. The molecule has 0 aliphatic heterocycles. The third-order valence-electron chi connectivity index (χ3n) is 3.29. The lowest BCUT2D eigenvalue weighted by atomic mass is 10.2. The summed E-state index contributed by atoms with van der Waals surface area (Å²) in [6.45, 7) is 0. The van der Waals surface area contributed by atoms with E-state index in [0.29, 0.717) is 22.8 Å². The van der Waals surface area contributed by atoms with Crippen molar-refractivity contribution >= 4 is 23.1 Å². The number of hydrogen-bond acceptors (Lipinski definition) is 5. The number of hydrogen-bond donors (Lipinski definition) is 2. The van der Waals surface area contributed by atoms with Gasteiger partial charge < -0.3 is 10.6 Å². The first-order valence-electron chi connectivity index (χ1n) is 7.30. The summed E-state index contributed by atoms with van der Waals surface area (Å²) in [7, 11) is 0. The molecule has 0 atom stereocenters. The van der Waals surface area contributed by atoms with Gasteiger partial charge >= 0.3 is 0 Å². The first-order chi connectivity index (χ1) is 12.1. The van der Waals surface area contributed by atoms with Crippen molar-refractivity contribution in [2.24, 2.45) is 0 Å². The van der Waals surface area contributed by atoms with Crippen molar-refractivity contribution in [2.45, 2.75) is 0 Å². The largest absolute Gasteiger partial charge is 0.340 e. The van der Waals surface area contributed by atoms with Crippen molar-refractivity contribution in [3.63, 3.8) is 0 Å². The van der Waals surface area contributed by atoms with Crippen LogP contribution in [0.3, 0.4) is 0 Å². The molecule has 0 saturated carbocycles. The van der Waals surface area contributed by atoms with Crippen LogP contribution in [0, 0.1) is 17.1 Å². The molecule has 0 spiro atoms. The molecule has 0 bridgehead atoms. The zero-order valence-corrected chi connectivity index (χ0v) is 12.9. The van der Waals surface area contributed by atoms with E-state index in [-0.39, 0.29) is 11.5 Å². The Kier molecular flexibility index (Phi) is 4.62. The van der Waals surface area contributed by atoms with Crippen molar-refractivity contribution in [1.29, 1.82) is 5.26 Å². The third-order valence-corrected chi connectivity index (χ3v) is 3.29. The molecule has 0 aliphatic rings. The molecule has 2 aromatic carbocycles. The number of benzene rings is 2. The summed E-state index contributed by atoms with van der Waals surface area (Å²) in [6, 6.07) is 15.8. The summed E-state index contributed by atoms with van der Waals surface area (Å²) in [5.74, 6) is -0.337. The summed E-state index contributed by atoms with van der Waals surface area (Å²) in [4.78, 5) is 20.3. The predicted octanol–water partition coefficient (Wildman–Crippen LogP) is 3.48. The maximum atomic E-state index is 12.9. The molecule has 122 valence electrons. The van der Waals surface area contributed by atoms with E-state index < -0.39 is 5.91 Å². The minimum Gasteiger partial charge on any atom is -0.340 e. The Bertz CT molecular complexity index is 933. The first-order valence-corrected chi connectivity index (χ1v) is 7.30. The molecular formula is C18H12FN5O. The van der Waals surface area contributed by atoms with E-state index in [1.807, 2.05) is 6.07 Å². The molecule has 1 aromatic heterocycles. The number of nitrogens with one attached hydrogen (secondary N) is 2. The van der Waals surface area contributed by atoms with Crippen LogP contribution >= 0.6 is 0 Å². The summed E-state index contributed by atoms with van der Waals surface area (Å²) in [5.41, 5.74) is 1.86. The molecule has 2 N–H and O–H groups in total. The van der Waals surface area contributed by atoms with Gasteiger partial charge in [0.15, 0.2) is 0 Å². The van der Waals surface area contributed by atoms with E-state index in [9.17, 15) is 9.18 Å². The first kappa shape index (κ1) is 16.1. The van der Waals surface area contributed by atoms with E-state index in [1.165, 1.54) is 24.5 Å². The molecule has 0 radical (unpaired) electrons. The second kappa shape index (κ2) is 7.19. The van der Waals surface area contributed by atoms with Crippen molar-refractivity contribution in [1.82, 2.24) is 9.97 Å². The maximum Gasteiger partial charge on any atom is 0.274 e. The Balaban J connectivity index is 1.72. The molecule has 7 heteroatoms. The van der Waals surface area contributed by atoms with Crippen LogP contribution in [0.25, 0.3) is 0 Å². The second-order valence-electron chi connectivity index (χ2n) is 5.06. The minimum atomic E-state index is -0.408. The number of carbonyl (C=O) groups is 1. The highest BCUT2D eigenvalue weighted by Gasteiger charge is 2.09. The predicted molar refractivity (Wildman–Crippen MR) is 90.8 cm³/mol. The minimum absolute atomic E-state index is 0.170. The van der Waals surface area contributed by atoms with Crippen LogP contribution in [0.2, 0.25) is 0 Å². The van der Waals surface area contributed by atoms with Gasteiger partial charge in [0.1, 0.15) is 23.7 Å². The molecule has 25 heavy (non-hydrogen) atoms. The Labute approximate surface area is 143 Å². The lowest BCUT2D eigenvalue weighted by Gasteiger charge is -2.08. The van der Waals surface area contributed by atoms with Crippen molar-refractivity contribution < 1.29 is 9.18 Å². The topological polar surface area (TPSA) is 90.7 Å². The molecule has 3 aromatic rings. The van der Waals surface area contributed by atoms with Gasteiger partial charge in [-0.25, -0.2) is 14.4 Å². The molecule has 0 saturated heterocycles. The summed E-state index contributed by atoms with van der Waals surface area (Å²) in [5, 5.41) is 14.4. The Morgan fingerprint density at radius 1 is 1.00 bits per heavy atom. The highest BCUT2D eigenvalue weighted by Crippen LogP contribution is 2.16. The van der Waals surface area contributed by atoms with Gasteiger partial charge in [0.05, 0.1) is 11.6 Å². The van der Waals surface area contributed by atoms with Crippen LogP contribution in [0.15, 0.2) is 60.9 Å². The number of rotatable bonds is 4. The Morgan fingerprint density at radius 2 is 1.68 bits per heavy atom. The monoisotopic (exact) mass is 333 g/mol. The van der Waals surface area contributed by atoms with Crippen LogP contribution in [-0.2, 0) is 0 Å². The van der Waals surface area contributed by atoms with Crippen molar-refractivity contribution in [3.8, 4) is 6.07 Å². The van der Waals surface area contributed by atoms with Crippen LogP contribution in [0.5, 0.6) is 0 Å². The van der Waals surface area contributed by atoms with Crippen LogP contribution in [0.1, 0.15) is 16.1 Å². The van der Waals surface area contributed by atoms with E-state index in [1.54, 1.807) is 36.4 Å². The number of nitrogens with zero attached hydrogens (tertiary/aromatic N) is 3. The molecule has 1 heterocycles. The van der Waals surface area contributed by atoms with Gasteiger partial charge in [-0.3, -0.25) is 4.79 Å². The van der Waals surface area contributed by atoms with Gasteiger partial charge in [0.2, 0.25) is 0 Å². The van der Waals surface area contributed by atoms with Crippen molar-refractivity contribution in [3.05, 3.63) is 78.0 Å². The van der Waals surface area contributed by atoms with Gasteiger partial charge in [-0.05, 0) is 48.5 Å². The number of anilines is 3. The normalized spacial score (nSPS) is 9.92. The quantitative estimate of drug-likeness (QED) is 0.763. The van der Waals surface area contributed by atoms with E-state index in [4.69, 9.17) is 5.26 Å². The third kappa shape index (κ3) is 4.14. The van der Waals surface area contributed by atoms with Gasteiger partial charge in [0.25, 0.3) is 5.91 Å². The van der Waals surface area contributed by atoms with Gasteiger partial charge in [-0.1, -0.05) is 0 Å². The lowest BCUT2D eigenvalue weighted by molar-refractivity contribution is 0.102.